The lowest BCUT2D eigenvalue weighted by atomic mass is 9.65. The topological polar surface area (TPSA) is 91.7 Å². The molecule has 24 heavy (non-hydrogen) atoms. The van der Waals surface area contributed by atoms with E-state index in [9.17, 15) is 19.5 Å². The molecule has 0 heterocycles. The molecule has 0 aromatic heterocycles. The molecule has 0 spiro atoms. The monoisotopic (exact) mass is 342 g/mol. The summed E-state index contributed by atoms with van der Waals surface area (Å²) in [7, 11) is 0. The quantitative estimate of drug-likeness (QED) is 0.447. The van der Waals surface area contributed by atoms with Crippen LogP contribution in [0.15, 0.2) is 0 Å². The van der Waals surface area contributed by atoms with Crippen LogP contribution in [0.2, 0.25) is 0 Å². The molecule has 0 rings (SSSR count). The molecule has 2 N–H and O–H groups in total. The Hall–Kier alpha value is -1.39. The maximum atomic E-state index is 11.8. The number of ketones is 1. The van der Waals surface area contributed by atoms with E-state index in [2.05, 4.69) is 0 Å². The van der Waals surface area contributed by atoms with Crippen LogP contribution in [0.4, 0.5) is 0 Å². The molecule has 0 aliphatic carbocycles. The highest BCUT2D eigenvalue weighted by molar-refractivity contribution is 5.78. The second kappa shape index (κ2) is 10.5. The molecule has 0 saturated heterocycles. The molecular formula is C19H34O5. The Morgan fingerprint density at radius 3 is 1.62 bits per heavy atom. The fraction of sp³-hybridized carbons (Fsp3) is 0.842. The van der Waals surface area contributed by atoms with Crippen LogP contribution in [0.1, 0.15) is 91.9 Å². The molecule has 0 aliphatic heterocycles. The van der Waals surface area contributed by atoms with Gasteiger partial charge in [-0.25, -0.2) is 0 Å². The molecular weight excluding hydrogens is 308 g/mol. The van der Waals surface area contributed by atoms with E-state index in [1.807, 2.05) is 13.8 Å². The zero-order chi connectivity index (χ0) is 18.8. The summed E-state index contributed by atoms with van der Waals surface area (Å²) in [6.07, 6.45) is 7.04. The van der Waals surface area contributed by atoms with Crippen molar-refractivity contribution < 1.29 is 24.6 Å². The first-order valence-corrected chi connectivity index (χ1v) is 8.97. The first-order chi connectivity index (χ1) is 11.0. The minimum absolute atomic E-state index is 0.205. The number of unbranched alkanes of at least 4 members (excludes halogenated alkanes) is 4. The summed E-state index contributed by atoms with van der Waals surface area (Å²) < 4.78 is 0. The molecule has 0 aromatic rings. The molecule has 0 aromatic carbocycles. The Morgan fingerprint density at radius 2 is 1.17 bits per heavy atom. The predicted octanol–water partition coefficient (Wildman–Crippen LogP) is 4.68. The van der Waals surface area contributed by atoms with Crippen molar-refractivity contribution in [1.82, 2.24) is 0 Å². The summed E-state index contributed by atoms with van der Waals surface area (Å²) >= 11 is 0. The molecule has 140 valence electrons. The molecule has 0 saturated carbocycles. The third-order valence-corrected chi connectivity index (χ3v) is 5.33. The second-order valence-electron chi connectivity index (χ2n) is 7.87. The average Bonchev–Trinajstić information content (AvgIpc) is 2.46. The lowest BCUT2D eigenvalue weighted by Gasteiger charge is -2.38. The van der Waals surface area contributed by atoms with Gasteiger partial charge in [-0.15, -0.1) is 0 Å². The first kappa shape index (κ1) is 22.6. The molecule has 0 aliphatic rings. The average molecular weight is 342 g/mol. The van der Waals surface area contributed by atoms with Gasteiger partial charge in [-0.2, -0.15) is 0 Å². The van der Waals surface area contributed by atoms with E-state index in [1.165, 1.54) is 0 Å². The molecule has 0 amide bonds. The number of hydrogen-bond donors (Lipinski definition) is 2. The normalized spacial score (nSPS) is 12.2. The van der Waals surface area contributed by atoms with Crippen molar-refractivity contribution in [2.45, 2.75) is 91.9 Å². The molecule has 5 nitrogen and oxygen atoms in total. The number of carbonyl (C=O) groups is 3. The minimum Gasteiger partial charge on any atom is -0.481 e. The lowest BCUT2D eigenvalue weighted by Crippen LogP contribution is -2.39. The molecule has 0 bridgehead atoms. The Kier molecular flexibility index (Phi) is 9.86. The van der Waals surface area contributed by atoms with Crippen LogP contribution in [-0.2, 0) is 14.4 Å². The van der Waals surface area contributed by atoms with Crippen molar-refractivity contribution >= 4 is 17.7 Å². The van der Waals surface area contributed by atoms with Gasteiger partial charge in [0, 0.05) is 19.3 Å². The van der Waals surface area contributed by atoms with Crippen LogP contribution in [-0.4, -0.2) is 27.9 Å². The van der Waals surface area contributed by atoms with E-state index >= 15 is 0 Å². The van der Waals surface area contributed by atoms with E-state index in [1.54, 1.807) is 13.8 Å². The maximum Gasteiger partial charge on any atom is 0.309 e. The molecule has 0 fully saturated rings. The van der Waals surface area contributed by atoms with Gasteiger partial charge in [0.05, 0.1) is 5.41 Å². The van der Waals surface area contributed by atoms with E-state index in [-0.39, 0.29) is 17.6 Å². The van der Waals surface area contributed by atoms with Gasteiger partial charge in [-0.3, -0.25) is 14.4 Å². The van der Waals surface area contributed by atoms with Crippen LogP contribution >= 0.6 is 0 Å². The van der Waals surface area contributed by atoms with Gasteiger partial charge in [0.1, 0.15) is 5.78 Å². The van der Waals surface area contributed by atoms with Gasteiger partial charge >= 0.3 is 11.9 Å². The standard InChI is InChI=1S/C19H34O5/c1-18(2,19(3,4)17(23)24)14-10-9-12-15(20)11-7-5-6-8-13-16(21)22/h5-14H2,1-4H3,(H,21,22)(H,23,24). The highest BCUT2D eigenvalue weighted by Gasteiger charge is 2.42. The van der Waals surface area contributed by atoms with Gasteiger partial charge < -0.3 is 10.2 Å². The van der Waals surface area contributed by atoms with Crippen LogP contribution in [0.3, 0.4) is 0 Å². The van der Waals surface area contributed by atoms with Gasteiger partial charge in [-0.05, 0) is 44.9 Å². The van der Waals surface area contributed by atoms with Gasteiger partial charge in [0.25, 0.3) is 0 Å². The summed E-state index contributed by atoms with van der Waals surface area (Å²) in [6, 6.07) is 0. The number of carboxylic acid groups (broad SMARTS) is 2. The van der Waals surface area contributed by atoms with E-state index < -0.39 is 17.4 Å². The van der Waals surface area contributed by atoms with Gasteiger partial charge in [0.2, 0.25) is 0 Å². The summed E-state index contributed by atoms with van der Waals surface area (Å²) in [4.78, 5) is 33.5. The molecule has 5 heteroatoms. The summed E-state index contributed by atoms with van der Waals surface area (Å²) in [5, 5.41) is 17.9. The van der Waals surface area contributed by atoms with Crippen molar-refractivity contribution in [2.24, 2.45) is 10.8 Å². The zero-order valence-corrected chi connectivity index (χ0v) is 15.7. The van der Waals surface area contributed by atoms with Crippen molar-refractivity contribution in [1.29, 1.82) is 0 Å². The Morgan fingerprint density at radius 1 is 0.708 bits per heavy atom. The SMILES string of the molecule is CC(C)(CCCCC(=O)CCCCCCC(=O)O)C(C)(C)C(=O)O. The maximum absolute atomic E-state index is 11.8. The first-order valence-electron chi connectivity index (χ1n) is 8.97. The second-order valence-corrected chi connectivity index (χ2v) is 7.87. The third-order valence-electron chi connectivity index (χ3n) is 5.33. The fourth-order valence-corrected chi connectivity index (χ4v) is 2.57. The predicted molar refractivity (Wildman–Crippen MR) is 94.0 cm³/mol. The van der Waals surface area contributed by atoms with Gasteiger partial charge in [-0.1, -0.05) is 33.1 Å². The zero-order valence-electron chi connectivity index (χ0n) is 15.7. The summed E-state index contributed by atoms with van der Waals surface area (Å²) in [5.74, 6) is -1.30. The number of carboxylic acids is 2. The largest absolute Gasteiger partial charge is 0.481 e. The Bertz CT molecular complexity index is 423. The van der Waals surface area contributed by atoms with Crippen molar-refractivity contribution in [3.63, 3.8) is 0 Å². The summed E-state index contributed by atoms with van der Waals surface area (Å²) in [5.41, 5.74) is -1.10. The van der Waals surface area contributed by atoms with Crippen LogP contribution in [0.25, 0.3) is 0 Å². The highest BCUT2D eigenvalue weighted by atomic mass is 16.4. The molecule has 0 radical (unpaired) electrons. The summed E-state index contributed by atoms with van der Waals surface area (Å²) in [6.45, 7) is 7.45. The Labute approximate surface area is 145 Å². The molecule has 0 atom stereocenters. The smallest absolute Gasteiger partial charge is 0.309 e. The lowest BCUT2D eigenvalue weighted by molar-refractivity contribution is -0.154. The number of Topliss-reactive ketones (excluding diaryl/α,β-unsaturated/α-hetero) is 1. The minimum atomic E-state index is -0.786. The van der Waals surface area contributed by atoms with Crippen LogP contribution < -0.4 is 0 Å². The highest BCUT2D eigenvalue weighted by Crippen LogP contribution is 2.42. The fourth-order valence-electron chi connectivity index (χ4n) is 2.57. The number of carbonyl (C=O) groups excluding carboxylic acids is 1. The number of rotatable bonds is 14. The van der Waals surface area contributed by atoms with Crippen LogP contribution in [0.5, 0.6) is 0 Å². The van der Waals surface area contributed by atoms with Crippen LogP contribution in [0, 0.1) is 10.8 Å². The number of aliphatic carboxylic acids is 2. The van der Waals surface area contributed by atoms with E-state index in [0.29, 0.717) is 19.3 Å². The molecule has 0 unspecified atom stereocenters. The van der Waals surface area contributed by atoms with Crippen molar-refractivity contribution in [3.8, 4) is 0 Å². The van der Waals surface area contributed by atoms with E-state index in [4.69, 9.17) is 5.11 Å². The third kappa shape index (κ3) is 8.46. The number of hydrogen-bond acceptors (Lipinski definition) is 3. The van der Waals surface area contributed by atoms with E-state index in [0.717, 1.165) is 38.5 Å². The van der Waals surface area contributed by atoms with Crippen molar-refractivity contribution in [3.05, 3.63) is 0 Å². The van der Waals surface area contributed by atoms with Crippen molar-refractivity contribution in [2.75, 3.05) is 0 Å². The van der Waals surface area contributed by atoms with Gasteiger partial charge in [0.15, 0.2) is 0 Å². The Balaban J connectivity index is 3.82.